The molecule has 0 aromatic carbocycles. The lowest BCUT2D eigenvalue weighted by Gasteiger charge is -1.48. The highest BCUT2D eigenvalue weighted by molar-refractivity contribution is 7.16. The van der Waals surface area contributed by atoms with E-state index in [-0.39, 0.29) is 0 Å². The maximum Gasteiger partial charge on any atom is 0.231 e. The molecule has 0 bridgehead atoms. The number of rotatable bonds is 0. The van der Waals surface area contributed by atoms with Gasteiger partial charge in [0.05, 0.1) is 0 Å². The van der Waals surface area contributed by atoms with E-state index >= 15 is 0 Å². The molecule has 9 heavy (non-hydrogen) atoms. The minimum absolute atomic E-state index is 0.750. The van der Waals surface area contributed by atoms with Crippen molar-refractivity contribution in [2.45, 2.75) is 6.92 Å². The molecule has 5 heteroatoms. The third-order valence-corrected chi connectivity index (χ3v) is 0. The maximum absolute atomic E-state index is 8.35. The van der Waals surface area contributed by atoms with Crippen molar-refractivity contribution in [3.63, 3.8) is 0 Å². The quantitative estimate of drug-likeness (QED) is 0.301. The van der Waals surface area contributed by atoms with Gasteiger partial charge in [0.15, 0.2) is 0 Å². The minimum Gasteiger partial charge on any atom is -0.222 e. The Morgan fingerprint density at radius 2 is 1.33 bits per heavy atom. The normalized spacial score (nSPS) is 3.78. The zero-order valence-corrected chi connectivity index (χ0v) is 6.26. The zero-order valence-electron chi connectivity index (χ0n) is 5.10. The van der Waals surface area contributed by atoms with Crippen molar-refractivity contribution in [2.24, 2.45) is 0 Å². The van der Waals surface area contributed by atoms with Crippen LogP contribution in [0.1, 0.15) is 6.92 Å². The summed E-state index contributed by atoms with van der Waals surface area (Å²) in [5.74, 6) is 0. The summed E-state index contributed by atoms with van der Waals surface area (Å²) in [6.07, 6.45) is 2.67. The van der Waals surface area contributed by atoms with E-state index in [0.717, 1.165) is 12.2 Å². The lowest BCUT2D eigenvalue weighted by Crippen LogP contribution is -1.33. The van der Waals surface area contributed by atoms with Gasteiger partial charge in [0, 0.05) is 0 Å². The Hall–Kier alpha value is -0.810. The first-order valence-corrected chi connectivity index (χ1v) is 2.84. The lowest BCUT2D eigenvalue weighted by molar-refractivity contribution is 0.562. The highest BCUT2D eigenvalue weighted by atomic mass is 31.0. The van der Waals surface area contributed by atoms with E-state index < -0.39 is 0 Å². The smallest absolute Gasteiger partial charge is 0.222 e. The van der Waals surface area contributed by atoms with E-state index in [4.69, 9.17) is 20.4 Å². The van der Waals surface area contributed by atoms with Gasteiger partial charge in [-0.15, -0.1) is 9.24 Å². The summed E-state index contributed by atoms with van der Waals surface area (Å²) in [5.41, 5.74) is 0. The number of isocyanates is 2. The molecule has 0 aromatic heterocycles. The van der Waals surface area contributed by atoms with Crippen molar-refractivity contribution in [3.8, 4) is 0 Å². The fraction of sp³-hybridized carbons (Fsp3) is 0.500. The van der Waals surface area contributed by atoms with Gasteiger partial charge in [0.25, 0.3) is 0 Å². The average molecular weight is 148 g/mol. The molecule has 0 aliphatic carbocycles. The third kappa shape index (κ3) is 295. The van der Waals surface area contributed by atoms with Crippen molar-refractivity contribution in [3.05, 3.63) is 0 Å². The highest BCUT2D eigenvalue weighted by Crippen LogP contribution is 1.68. The Labute approximate surface area is 55.9 Å². The van der Waals surface area contributed by atoms with E-state index in [2.05, 4.69) is 16.2 Å². The number of carbonyl (C=O) groups excluding carboxylic acids is 2. The fourth-order valence-electron chi connectivity index (χ4n) is 0. The van der Waals surface area contributed by atoms with Crippen LogP contribution in [0.4, 0.5) is 0 Å². The van der Waals surface area contributed by atoms with Crippen LogP contribution < -0.4 is 0 Å². The largest absolute Gasteiger partial charge is 0.231 e. The summed E-state index contributed by atoms with van der Waals surface area (Å²) in [4.78, 5) is 16.7. The summed E-state index contributed by atoms with van der Waals surface area (Å²) in [6.45, 7) is 2.09. The first-order valence-electron chi connectivity index (χ1n) is 2.02. The molecule has 0 heterocycles. The number of hydrogen-bond donors (Lipinski definition) is 2. The van der Waals surface area contributed by atoms with Gasteiger partial charge >= 0.3 is 0 Å². The highest BCUT2D eigenvalue weighted by Gasteiger charge is 1.35. The second kappa shape index (κ2) is 57.4. The Balaban J connectivity index is -0.0000000600. The minimum atomic E-state index is 0.750. The van der Waals surface area contributed by atoms with Crippen LogP contribution >= 0.6 is 9.24 Å². The number of nitrogens with one attached hydrogen (secondary N) is 2. The number of hydrogen-bond acceptors (Lipinski definition) is 4. The molecule has 0 aromatic rings. The van der Waals surface area contributed by atoms with Crippen molar-refractivity contribution in [2.75, 3.05) is 6.16 Å². The zero-order chi connectivity index (χ0) is 8.12. The predicted molar refractivity (Wildman–Crippen MR) is 37.1 cm³/mol. The Bertz CT molecular complexity index is 80.7. The van der Waals surface area contributed by atoms with E-state index in [1.54, 1.807) is 0 Å². The second-order valence-electron chi connectivity index (χ2n) is 0.612. The molecule has 4 nitrogen and oxygen atoms in total. The molecule has 0 saturated heterocycles. The lowest BCUT2D eigenvalue weighted by atomic mass is 11.0. The molecule has 0 amide bonds. The summed E-state index contributed by atoms with van der Waals surface area (Å²) < 4.78 is 0. The molecule has 0 fully saturated rings. The molecule has 2 N–H and O–H groups in total. The van der Waals surface area contributed by atoms with Gasteiger partial charge in [-0.25, -0.2) is 20.4 Å². The topological polar surface area (TPSA) is 81.8 Å². The Morgan fingerprint density at radius 1 is 1.33 bits per heavy atom. The Kier molecular flexibility index (Phi) is 100. The summed E-state index contributed by atoms with van der Waals surface area (Å²) in [6, 6.07) is 0. The molecule has 0 saturated carbocycles. The molecule has 0 radical (unpaired) electrons. The van der Waals surface area contributed by atoms with Gasteiger partial charge in [-0.1, -0.05) is 6.92 Å². The van der Waals surface area contributed by atoms with E-state index in [0.29, 0.717) is 0 Å². The second-order valence-corrected chi connectivity index (χ2v) is 1.43. The van der Waals surface area contributed by atoms with Crippen molar-refractivity contribution in [1.29, 1.82) is 10.8 Å². The molecule has 1 unspecified atom stereocenters. The van der Waals surface area contributed by atoms with Crippen LogP contribution in [-0.4, -0.2) is 18.3 Å². The van der Waals surface area contributed by atoms with E-state index in [1.165, 1.54) is 6.16 Å². The molecule has 0 rings (SSSR count). The van der Waals surface area contributed by atoms with Gasteiger partial charge < -0.3 is 0 Å². The Morgan fingerprint density at radius 3 is 1.33 bits per heavy atom. The van der Waals surface area contributed by atoms with Gasteiger partial charge in [-0.2, -0.15) is 0 Å². The summed E-state index contributed by atoms with van der Waals surface area (Å²) in [7, 11) is 2.58. The van der Waals surface area contributed by atoms with Crippen LogP contribution in [0.25, 0.3) is 0 Å². The average Bonchev–Trinajstić information content (AvgIpc) is 1.70. The van der Waals surface area contributed by atoms with Crippen LogP contribution in [0.15, 0.2) is 0 Å². The molecule has 0 spiro atoms. The van der Waals surface area contributed by atoms with Crippen LogP contribution in [0, 0.1) is 10.8 Å². The molecule has 0 aliphatic rings. The molecule has 1 atom stereocenters. The van der Waals surface area contributed by atoms with Crippen molar-refractivity contribution < 1.29 is 9.59 Å². The van der Waals surface area contributed by atoms with Crippen molar-refractivity contribution >= 4 is 21.4 Å². The first kappa shape index (κ1) is 15.7. The fourth-order valence-corrected chi connectivity index (χ4v) is 0. The first-order chi connectivity index (χ1) is 4.24. The summed E-state index contributed by atoms with van der Waals surface area (Å²) in [5, 5.41) is 10.8. The van der Waals surface area contributed by atoms with Gasteiger partial charge in [0.1, 0.15) is 0 Å². The summed E-state index contributed by atoms with van der Waals surface area (Å²) >= 11 is 0. The maximum atomic E-state index is 8.35. The third-order valence-electron chi connectivity index (χ3n) is 0. The molecule has 52 valence electrons. The van der Waals surface area contributed by atoms with Crippen molar-refractivity contribution in [1.82, 2.24) is 0 Å². The molecular weight excluding hydrogens is 139 g/mol. The van der Waals surface area contributed by atoms with Crippen LogP contribution in [0.5, 0.6) is 0 Å². The molecule has 0 aliphatic heterocycles. The van der Waals surface area contributed by atoms with Gasteiger partial charge in [-0.05, 0) is 6.16 Å². The van der Waals surface area contributed by atoms with E-state index in [1.807, 2.05) is 0 Å². The van der Waals surface area contributed by atoms with Crippen LogP contribution in [-0.2, 0) is 9.59 Å². The SMILES string of the molecule is CCP.N=C=O.N=C=O. The molecular formula is C4H9N2O2P. The predicted octanol–water partition coefficient (Wildman–Crippen LogP) is 0.683. The van der Waals surface area contributed by atoms with E-state index in [9.17, 15) is 0 Å². The van der Waals surface area contributed by atoms with Gasteiger partial charge in [0.2, 0.25) is 12.2 Å². The van der Waals surface area contributed by atoms with Crippen LogP contribution in [0.3, 0.4) is 0 Å². The van der Waals surface area contributed by atoms with Crippen LogP contribution in [0.2, 0.25) is 0 Å². The standard InChI is InChI=1S/C2H7P.2CHNO/c1-2-3;2*2-1-3/h2-3H2,1H3;2*2H. The van der Waals surface area contributed by atoms with Gasteiger partial charge in [-0.3, -0.25) is 0 Å². The monoisotopic (exact) mass is 148 g/mol.